The van der Waals surface area contributed by atoms with Gasteiger partial charge in [-0.2, -0.15) is 5.26 Å². The van der Waals surface area contributed by atoms with E-state index in [0.29, 0.717) is 22.8 Å². The molecule has 0 unspecified atom stereocenters. The van der Waals surface area contributed by atoms with Crippen molar-refractivity contribution in [1.82, 2.24) is 19.9 Å². The number of aromatic nitrogens is 3. The fourth-order valence-electron chi connectivity index (χ4n) is 6.31. The molecule has 188 valence electrons. The zero-order valence-corrected chi connectivity index (χ0v) is 21.1. The number of pyridine rings is 1. The quantitative estimate of drug-likeness (QED) is 0.431. The first-order chi connectivity index (χ1) is 17.8. The van der Waals surface area contributed by atoms with Crippen molar-refractivity contribution in [1.29, 1.82) is 5.26 Å². The molecule has 3 aromatic heterocycles. The third-order valence-electron chi connectivity index (χ3n) is 7.95. The first-order valence-electron chi connectivity index (χ1n) is 12.1. The fourth-order valence-corrected chi connectivity index (χ4v) is 7.23. The number of piperidine rings is 1. The highest BCUT2D eigenvalue weighted by atomic mass is 32.1. The molecule has 1 saturated carbocycles. The molecule has 0 amide bonds. The summed E-state index contributed by atoms with van der Waals surface area (Å²) in [7, 11) is 4.16. The Morgan fingerprint density at radius 2 is 2.08 bits per heavy atom. The number of benzene rings is 1. The van der Waals surface area contributed by atoms with Crippen LogP contribution in [-0.4, -0.2) is 53.6 Å². The van der Waals surface area contributed by atoms with E-state index in [2.05, 4.69) is 33.9 Å². The van der Waals surface area contributed by atoms with Crippen molar-refractivity contribution < 1.29 is 13.5 Å². The zero-order chi connectivity index (χ0) is 25.6. The van der Waals surface area contributed by atoms with Crippen molar-refractivity contribution in [3.63, 3.8) is 0 Å². The molecule has 3 aliphatic rings. The Hall–Kier alpha value is -3.46. The van der Waals surface area contributed by atoms with Gasteiger partial charge < -0.3 is 20.3 Å². The topological polar surface area (TPSA) is 104 Å². The molecule has 37 heavy (non-hydrogen) atoms. The molecular formula is C26H23F2N7OS. The Morgan fingerprint density at radius 1 is 1.27 bits per heavy atom. The van der Waals surface area contributed by atoms with E-state index in [-0.39, 0.29) is 56.1 Å². The van der Waals surface area contributed by atoms with Gasteiger partial charge in [-0.3, -0.25) is 4.98 Å². The number of nitrogens with two attached hydrogens (primary N) is 1. The van der Waals surface area contributed by atoms with E-state index in [1.54, 1.807) is 6.20 Å². The standard InChI is InChI=1S/C26H23F2N7OS/c1-34(2)10-26-3-12(26)7-35(11-26)25-32-5-14-15-8-36-9-16(15)18(20(28)21(14)33-25)22-19-13(4-29)24(30)37-23(19)17(27)6-31-22/h5-6,12H,3,7-11,30H2,1-2H3/t12-,26-/m1/s1. The first-order valence-corrected chi connectivity index (χ1v) is 12.9. The lowest BCUT2D eigenvalue weighted by Gasteiger charge is -2.23. The number of nitriles is 1. The van der Waals surface area contributed by atoms with Gasteiger partial charge in [0.05, 0.1) is 35.4 Å². The number of rotatable bonds is 4. The van der Waals surface area contributed by atoms with Crippen LogP contribution in [0.4, 0.5) is 19.7 Å². The molecule has 0 bridgehead atoms. The van der Waals surface area contributed by atoms with E-state index in [9.17, 15) is 9.65 Å². The summed E-state index contributed by atoms with van der Waals surface area (Å²) in [4.78, 5) is 18.0. The second kappa shape index (κ2) is 7.77. The summed E-state index contributed by atoms with van der Waals surface area (Å²) >= 11 is 0.960. The van der Waals surface area contributed by atoms with Crippen LogP contribution in [0.25, 0.3) is 32.2 Å². The largest absolute Gasteiger partial charge is 0.389 e. The summed E-state index contributed by atoms with van der Waals surface area (Å²) in [5.74, 6) is -0.0938. The van der Waals surface area contributed by atoms with Gasteiger partial charge in [0.15, 0.2) is 11.6 Å². The van der Waals surface area contributed by atoms with Crippen LogP contribution in [0.5, 0.6) is 0 Å². The SMILES string of the molecule is CN(C)C[C@@]12C[C@@H]1CN(c1ncc3c4c(c(-c5ncc(F)c6sc(N)c(C#N)c56)c(F)c3n1)COC4)C2. The van der Waals surface area contributed by atoms with Crippen molar-refractivity contribution in [3.8, 4) is 17.3 Å². The molecule has 2 atom stereocenters. The highest BCUT2D eigenvalue weighted by molar-refractivity contribution is 7.23. The predicted octanol–water partition coefficient (Wildman–Crippen LogP) is 4.06. The maximum atomic E-state index is 16.5. The maximum Gasteiger partial charge on any atom is 0.226 e. The molecule has 1 aromatic carbocycles. The molecule has 5 heterocycles. The lowest BCUT2D eigenvalue weighted by atomic mass is 9.94. The Bertz CT molecular complexity index is 1680. The smallest absolute Gasteiger partial charge is 0.226 e. The average Bonchev–Trinajstić information content (AvgIpc) is 3.23. The molecule has 2 N–H and O–H groups in total. The maximum absolute atomic E-state index is 16.5. The molecule has 1 saturated heterocycles. The van der Waals surface area contributed by atoms with Gasteiger partial charge in [0.2, 0.25) is 5.95 Å². The number of hydrogen-bond donors (Lipinski definition) is 1. The van der Waals surface area contributed by atoms with Crippen LogP contribution in [0, 0.1) is 34.3 Å². The van der Waals surface area contributed by atoms with Crippen LogP contribution in [-0.2, 0) is 18.0 Å². The molecule has 4 aromatic rings. The van der Waals surface area contributed by atoms with E-state index in [0.717, 1.165) is 42.7 Å². The zero-order valence-electron chi connectivity index (χ0n) is 20.3. The minimum atomic E-state index is -0.602. The Labute approximate surface area is 215 Å². The van der Waals surface area contributed by atoms with E-state index in [1.165, 1.54) is 6.42 Å². The Balaban J connectivity index is 1.42. The summed E-state index contributed by atoms with van der Waals surface area (Å²) < 4.78 is 37.0. The van der Waals surface area contributed by atoms with Crippen LogP contribution >= 0.6 is 11.3 Å². The molecule has 0 radical (unpaired) electrons. The normalized spacial score (nSPS) is 22.2. The van der Waals surface area contributed by atoms with Crippen molar-refractivity contribution in [2.45, 2.75) is 19.6 Å². The monoisotopic (exact) mass is 519 g/mol. The summed E-state index contributed by atoms with van der Waals surface area (Å²) in [5, 5.41) is 10.7. The molecule has 8 nitrogen and oxygen atoms in total. The highest BCUT2D eigenvalue weighted by Crippen LogP contribution is 2.58. The van der Waals surface area contributed by atoms with Gasteiger partial charge in [-0.25, -0.2) is 18.7 Å². The van der Waals surface area contributed by atoms with Gasteiger partial charge in [-0.15, -0.1) is 11.3 Å². The summed E-state index contributed by atoms with van der Waals surface area (Å²) in [5.41, 5.74) is 8.29. The Morgan fingerprint density at radius 3 is 2.86 bits per heavy atom. The van der Waals surface area contributed by atoms with Gasteiger partial charge in [-0.1, -0.05) is 0 Å². The van der Waals surface area contributed by atoms with Crippen LogP contribution < -0.4 is 10.6 Å². The number of fused-ring (bicyclic) bond motifs is 5. The van der Waals surface area contributed by atoms with Gasteiger partial charge in [0.25, 0.3) is 0 Å². The molecule has 0 spiro atoms. The summed E-state index contributed by atoms with van der Waals surface area (Å²) in [6.07, 6.45) is 3.92. The van der Waals surface area contributed by atoms with E-state index in [4.69, 9.17) is 15.5 Å². The number of ether oxygens (including phenoxy) is 1. The predicted molar refractivity (Wildman–Crippen MR) is 137 cm³/mol. The first kappa shape index (κ1) is 22.7. The lowest BCUT2D eigenvalue weighted by Crippen LogP contribution is -2.31. The van der Waals surface area contributed by atoms with Gasteiger partial charge >= 0.3 is 0 Å². The number of halogens is 2. The minimum Gasteiger partial charge on any atom is -0.389 e. The number of hydrogen-bond acceptors (Lipinski definition) is 9. The van der Waals surface area contributed by atoms with E-state index < -0.39 is 11.6 Å². The summed E-state index contributed by atoms with van der Waals surface area (Å²) in [6, 6.07) is 2.04. The van der Waals surface area contributed by atoms with Crippen molar-refractivity contribution in [2.24, 2.45) is 11.3 Å². The van der Waals surface area contributed by atoms with Gasteiger partial charge in [-0.05, 0) is 37.6 Å². The number of thiophene rings is 1. The van der Waals surface area contributed by atoms with Crippen molar-refractivity contribution in [3.05, 3.63) is 40.7 Å². The molecule has 7 rings (SSSR count). The number of anilines is 2. The fraction of sp³-hybridized carbons (Fsp3) is 0.385. The van der Waals surface area contributed by atoms with Crippen LogP contribution in [0.3, 0.4) is 0 Å². The summed E-state index contributed by atoms with van der Waals surface area (Å²) in [6.45, 7) is 3.14. The molecule has 11 heteroatoms. The van der Waals surface area contributed by atoms with E-state index in [1.807, 2.05) is 6.07 Å². The van der Waals surface area contributed by atoms with Gasteiger partial charge in [0, 0.05) is 47.6 Å². The molecule has 1 aliphatic carbocycles. The average molecular weight is 520 g/mol. The molecule has 2 fully saturated rings. The second-order valence-corrected chi connectivity index (χ2v) is 11.6. The number of nitrogen functional groups attached to an aromatic ring is 1. The van der Waals surface area contributed by atoms with Gasteiger partial charge in [0.1, 0.15) is 16.6 Å². The van der Waals surface area contributed by atoms with Crippen molar-refractivity contribution >= 4 is 43.3 Å². The molecule has 2 aliphatic heterocycles. The van der Waals surface area contributed by atoms with Crippen LogP contribution in [0.15, 0.2) is 12.4 Å². The van der Waals surface area contributed by atoms with Crippen LogP contribution in [0.1, 0.15) is 23.1 Å². The third kappa shape index (κ3) is 3.19. The molecular weight excluding hydrogens is 496 g/mol. The lowest BCUT2D eigenvalue weighted by molar-refractivity contribution is 0.135. The third-order valence-corrected chi connectivity index (χ3v) is 8.98. The number of nitrogens with zero attached hydrogens (tertiary/aromatic N) is 6. The highest BCUT2D eigenvalue weighted by Gasteiger charge is 2.60. The van der Waals surface area contributed by atoms with Crippen molar-refractivity contribution in [2.75, 3.05) is 44.4 Å². The van der Waals surface area contributed by atoms with E-state index >= 15 is 4.39 Å². The second-order valence-electron chi connectivity index (χ2n) is 10.6. The van der Waals surface area contributed by atoms with Crippen LogP contribution in [0.2, 0.25) is 0 Å². The minimum absolute atomic E-state index is 0.0972. The Kier molecular flexibility index (Phi) is 4.77.